The van der Waals surface area contributed by atoms with Crippen LogP contribution in [-0.2, 0) is 9.53 Å². The van der Waals surface area contributed by atoms with Gasteiger partial charge in [0.2, 0.25) is 0 Å². The Morgan fingerprint density at radius 2 is 2.05 bits per heavy atom. The summed E-state index contributed by atoms with van der Waals surface area (Å²) in [5, 5.41) is 11.5. The smallest absolute Gasteiger partial charge is 0.258 e. The van der Waals surface area contributed by atoms with Crippen LogP contribution in [0.15, 0.2) is 18.2 Å². The first-order chi connectivity index (χ1) is 9.19. The third-order valence-corrected chi connectivity index (χ3v) is 2.24. The number of ether oxygens (including phenoxy) is 3. The third-order valence-electron chi connectivity index (χ3n) is 2.24. The van der Waals surface area contributed by atoms with Gasteiger partial charge in [-0.25, -0.2) is 0 Å². The Kier molecular flexibility index (Phi) is 6.19. The van der Waals surface area contributed by atoms with Gasteiger partial charge < -0.3 is 19.5 Å². The third kappa shape index (κ3) is 5.27. The second-order valence-electron chi connectivity index (χ2n) is 3.64. The molecule has 6 nitrogen and oxygen atoms in total. The van der Waals surface area contributed by atoms with Gasteiger partial charge in [-0.05, 0) is 12.1 Å². The summed E-state index contributed by atoms with van der Waals surface area (Å²) in [7, 11) is 3.06. The molecule has 0 saturated carbocycles. The van der Waals surface area contributed by atoms with Gasteiger partial charge in [0.1, 0.15) is 11.5 Å². The molecular weight excluding hydrogens is 248 g/mol. The summed E-state index contributed by atoms with van der Waals surface area (Å²) in [6.45, 7) is 0.755. The number of nitrogens with one attached hydrogen (secondary N) is 1. The van der Waals surface area contributed by atoms with Gasteiger partial charge in [-0.15, -0.1) is 0 Å². The van der Waals surface area contributed by atoms with Crippen LogP contribution < -0.4 is 14.8 Å². The maximum absolute atomic E-state index is 11.4. The van der Waals surface area contributed by atoms with Crippen molar-refractivity contribution in [2.24, 2.45) is 0 Å². The lowest BCUT2D eigenvalue weighted by molar-refractivity contribution is -0.123. The highest BCUT2D eigenvalue weighted by atomic mass is 16.5. The van der Waals surface area contributed by atoms with E-state index in [1.165, 1.54) is 7.11 Å². The number of methoxy groups -OCH3 is 2. The van der Waals surface area contributed by atoms with Crippen molar-refractivity contribution >= 4 is 5.91 Å². The Hall–Kier alpha value is -2.26. The summed E-state index contributed by atoms with van der Waals surface area (Å²) in [5.41, 5.74) is 0.411. The lowest BCUT2D eigenvalue weighted by atomic mass is 10.2. The van der Waals surface area contributed by atoms with Crippen LogP contribution in [0.2, 0.25) is 0 Å². The molecule has 1 amide bonds. The van der Waals surface area contributed by atoms with Crippen LogP contribution in [-0.4, -0.2) is 39.9 Å². The molecule has 19 heavy (non-hydrogen) atoms. The van der Waals surface area contributed by atoms with Crippen molar-refractivity contribution in [1.29, 1.82) is 5.26 Å². The molecule has 0 aromatic heterocycles. The number of hydrogen-bond donors (Lipinski definition) is 1. The summed E-state index contributed by atoms with van der Waals surface area (Å²) in [6, 6.07) is 6.74. The average Bonchev–Trinajstić information content (AvgIpc) is 2.45. The molecule has 0 aliphatic carbocycles. The molecule has 0 spiro atoms. The highest BCUT2D eigenvalue weighted by molar-refractivity contribution is 5.77. The van der Waals surface area contributed by atoms with E-state index in [1.54, 1.807) is 25.3 Å². The fourth-order valence-electron chi connectivity index (χ4n) is 1.33. The van der Waals surface area contributed by atoms with Crippen LogP contribution in [0.3, 0.4) is 0 Å². The van der Waals surface area contributed by atoms with Crippen molar-refractivity contribution in [3.63, 3.8) is 0 Å². The summed E-state index contributed by atoms with van der Waals surface area (Å²) in [6.07, 6.45) is 0. The van der Waals surface area contributed by atoms with Gasteiger partial charge in [0, 0.05) is 19.7 Å². The van der Waals surface area contributed by atoms with Gasteiger partial charge >= 0.3 is 0 Å². The molecule has 1 rings (SSSR count). The molecule has 0 fully saturated rings. The molecule has 0 unspecified atom stereocenters. The molecule has 0 heterocycles. The number of rotatable bonds is 7. The maximum Gasteiger partial charge on any atom is 0.258 e. The van der Waals surface area contributed by atoms with Crippen LogP contribution in [0.25, 0.3) is 0 Å². The number of carbonyl (C=O) groups is 1. The number of nitriles is 1. The van der Waals surface area contributed by atoms with E-state index < -0.39 is 0 Å². The van der Waals surface area contributed by atoms with E-state index in [0.717, 1.165) is 0 Å². The van der Waals surface area contributed by atoms with Crippen LogP contribution in [0.5, 0.6) is 11.5 Å². The topological polar surface area (TPSA) is 80.6 Å². The zero-order chi connectivity index (χ0) is 14.1. The molecular formula is C13H16N2O4. The van der Waals surface area contributed by atoms with E-state index >= 15 is 0 Å². The number of amides is 1. The lowest BCUT2D eigenvalue weighted by Crippen LogP contribution is -2.31. The number of benzene rings is 1. The van der Waals surface area contributed by atoms with Crippen molar-refractivity contribution < 1.29 is 19.0 Å². The first kappa shape index (κ1) is 14.8. The van der Waals surface area contributed by atoms with Crippen molar-refractivity contribution in [2.45, 2.75) is 0 Å². The Bertz CT molecular complexity index is 468. The van der Waals surface area contributed by atoms with Crippen LogP contribution in [0.1, 0.15) is 5.56 Å². The number of carbonyl (C=O) groups excluding carboxylic acids is 1. The fourth-order valence-corrected chi connectivity index (χ4v) is 1.33. The fraction of sp³-hybridized carbons (Fsp3) is 0.385. The van der Waals surface area contributed by atoms with Crippen molar-refractivity contribution in [3.05, 3.63) is 23.8 Å². The first-order valence-electron chi connectivity index (χ1n) is 5.67. The molecule has 0 atom stereocenters. The first-order valence-corrected chi connectivity index (χ1v) is 5.67. The quantitative estimate of drug-likeness (QED) is 0.733. The van der Waals surface area contributed by atoms with Crippen molar-refractivity contribution in [3.8, 4) is 17.6 Å². The lowest BCUT2D eigenvalue weighted by Gasteiger charge is -2.09. The minimum Gasteiger partial charge on any atom is -0.497 e. The Labute approximate surface area is 111 Å². The summed E-state index contributed by atoms with van der Waals surface area (Å²) < 4.78 is 15.1. The Morgan fingerprint density at radius 3 is 2.68 bits per heavy atom. The van der Waals surface area contributed by atoms with Crippen LogP contribution in [0.4, 0.5) is 0 Å². The van der Waals surface area contributed by atoms with E-state index in [2.05, 4.69) is 5.32 Å². The normalized spacial score (nSPS) is 9.53. The predicted octanol–water partition coefficient (Wildman–Crippen LogP) is 0.708. The van der Waals surface area contributed by atoms with E-state index in [-0.39, 0.29) is 12.5 Å². The standard InChI is InChI=1S/C13H16N2O4/c1-17-4-3-15-13(16)9-19-12-6-10(8-14)5-11(7-12)18-2/h5-7H,3-4,9H2,1-2H3,(H,15,16). The highest BCUT2D eigenvalue weighted by Crippen LogP contribution is 2.22. The molecule has 1 aromatic rings. The zero-order valence-electron chi connectivity index (χ0n) is 10.9. The zero-order valence-corrected chi connectivity index (χ0v) is 10.9. The Balaban J connectivity index is 2.53. The minimum atomic E-state index is -0.252. The van der Waals surface area contributed by atoms with Gasteiger partial charge in [0.05, 0.1) is 25.3 Å². The average molecular weight is 264 g/mol. The molecule has 6 heteroatoms. The molecule has 1 aromatic carbocycles. The van der Waals surface area contributed by atoms with Crippen LogP contribution in [0, 0.1) is 11.3 Å². The largest absolute Gasteiger partial charge is 0.497 e. The number of hydrogen-bond acceptors (Lipinski definition) is 5. The maximum atomic E-state index is 11.4. The van der Waals surface area contributed by atoms with E-state index in [1.807, 2.05) is 6.07 Å². The van der Waals surface area contributed by atoms with E-state index in [0.29, 0.717) is 30.2 Å². The molecule has 0 aliphatic rings. The predicted molar refractivity (Wildman–Crippen MR) is 68.1 cm³/mol. The molecule has 0 radical (unpaired) electrons. The van der Waals surface area contributed by atoms with Crippen molar-refractivity contribution in [1.82, 2.24) is 5.32 Å². The molecule has 102 valence electrons. The molecule has 0 bridgehead atoms. The van der Waals surface area contributed by atoms with Gasteiger partial charge in [0.15, 0.2) is 6.61 Å². The molecule has 0 aliphatic heterocycles. The summed E-state index contributed by atoms with van der Waals surface area (Å²) in [4.78, 5) is 11.4. The SMILES string of the molecule is COCCNC(=O)COc1cc(C#N)cc(OC)c1. The van der Waals surface area contributed by atoms with Crippen molar-refractivity contribution in [2.75, 3.05) is 34.0 Å². The van der Waals surface area contributed by atoms with Gasteiger partial charge in [-0.1, -0.05) is 0 Å². The van der Waals surface area contributed by atoms with E-state index in [4.69, 9.17) is 19.5 Å². The second-order valence-corrected chi connectivity index (χ2v) is 3.64. The molecule has 0 saturated heterocycles. The van der Waals surface area contributed by atoms with E-state index in [9.17, 15) is 4.79 Å². The summed E-state index contributed by atoms with van der Waals surface area (Å²) in [5.74, 6) is 0.671. The van der Waals surface area contributed by atoms with Gasteiger partial charge in [0.25, 0.3) is 5.91 Å². The van der Waals surface area contributed by atoms with Gasteiger partial charge in [-0.3, -0.25) is 4.79 Å². The highest BCUT2D eigenvalue weighted by Gasteiger charge is 2.05. The van der Waals surface area contributed by atoms with Gasteiger partial charge in [-0.2, -0.15) is 5.26 Å². The number of nitrogens with zero attached hydrogens (tertiary/aromatic N) is 1. The monoisotopic (exact) mass is 264 g/mol. The molecule has 1 N–H and O–H groups in total. The van der Waals surface area contributed by atoms with Crippen LogP contribution >= 0.6 is 0 Å². The second kappa shape index (κ2) is 7.95. The summed E-state index contributed by atoms with van der Waals surface area (Å²) >= 11 is 0. The minimum absolute atomic E-state index is 0.123. The Morgan fingerprint density at radius 1 is 1.32 bits per heavy atom.